The average molecular weight is 312 g/mol. The lowest BCUT2D eigenvalue weighted by Gasteiger charge is -2.30. The highest BCUT2D eigenvalue weighted by Crippen LogP contribution is 2.18. The van der Waals surface area contributed by atoms with Crippen molar-refractivity contribution in [3.63, 3.8) is 0 Å². The Morgan fingerprint density at radius 2 is 2.10 bits per heavy atom. The summed E-state index contributed by atoms with van der Waals surface area (Å²) in [5.74, 6) is -1.38. The molecule has 1 amide bonds. The molecular formula is C14H20N2O4S. The van der Waals surface area contributed by atoms with Crippen LogP contribution in [-0.2, 0) is 16.1 Å². The molecule has 1 aromatic heterocycles. The first kappa shape index (κ1) is 15.8. The van der Waals surface area contributed by atoms with Crippen molar-refractivity contribution in [1.29, 1.82) is 0 Å². The number of aromatic nitrogens is 1. The van der Waals surface area contributed by atoms with Gasteiger partial charge in [-0.2, -0.15) is 0 Å². The van der Waals surface area contributed by atoms with E-state index in [-0.39, 0.29) is 23.7 Å². The third-order valence-corrected chi connectivity index (χ3v) is 5.04. The van der Waals surface area contributed by atoms with Gasteiger partial charge in [0.1, 0.15) is 0 Å². The van der Waals surface area contributed by atoms with Gasteiger partial charge in [-0.15, -0.1) is 0 Å². The summed E-state index contributed by atoms with van der Waals surface area (Å²) < 4.78 is 1.62. The minimum atomic E-state index is -0.840. The van der Waals surface area contributed by atoms with Crippen molar-refractivity contribution >= 4 is 23.2 Å². The van der Waals surface area contributed by atoms with Gasteiger partial charge in [-0.25, -0.2) is 0 Å². The highest BCUT2D eigenvalue weighted by atomic mass is 32.1. The molecule has 2 heterocycles. The molecule has 1 saturated heterocycles. The lowest BCUT2D eigenvalue weighted by atomic mass is 9.98. The number of carbonyl (C=O) groups is 2. The van der Waals surface area contributed by atoms with E-state index in [9.17, 15) is 14.4 Å². The van der Waals surface area contributed by atoms with E-state index in [1.807, 2.05) is 13.8 Å². The average Bonchev–Trinajstić information content (AvgIpc) is 2.70. The first-order chi connectivity index (χ1) is 9.90. The molecule has 0 aliphatic carbocycles. The molecule has 1 unspecified atom stereocenters. The van der Waals surface area contributed by atoms with Gasteiger partial charge in [0, 0.05) is 36.6 Å². The lowest BCUT2D eigenvalue weighted by Crippen LogP contribution is -2.42. The van der Waals surface area contributed by atoms with Crippen LogP contribution in [0.3, 0.4) is 0 Å². The second kappa shape index (κ2) is 6.43. The Labute approximate surface area is 127 Å². The minimum absolute atomic E-state index is 0.0418. The number of rotatable bonds is 4. The van der Waals surface area contributed by atoms with Crippen molar-refractivity contribution in [2.75, 3.05) is 13.1 Å². The lowest BCUT2D eigenvalue weighted by molar-refractivity contribution is -0.145. The second-order valence-electron chi connectivity index (χ2n) is 5.43. The van der Waals surface area contributed by atoms with E-state index in [0.29, 0.717) is 19.5 Å². The molecule has 0 radical (unpaired) electrons. The van der Waals surface area contributed by atoms with E-state index < -0.39 is 11.9 Å². The molecule has 1 aliphatic rings. The fourth-order valence-electron chi connectivity index (χ4n) is 2.62. The summed E-state index contributed by atoms with van der Waals surface area (Å²) in [5.41, 5.74) is 0.903. The van der Waals surface area contributed by atoms with Crippen LogP contribution >= 0.6 is 11.3 Å². The number of hydrogen-bond donors (Lipinski definition) is 1. The molecular weight excluding hydrogens is 292 g/mol. The standard InChI is InChI=1S/C14H20N2O4S/c1-9-10(2)21-14(20)16(9)7-5-12(17)15-6-3-4-11(8-15)13(18)19/h11H,3-8H2,1-2H3,(H,18,19). The Bertz CT molecular complexity index is 605. The summed E-state index contributed by atoms with van der Waals surface area (Å²) in [4.78, 5) is 37.5. The van der Waals surface area contributed by atoms with Gasteiger partial charge in [0.25, 0.3) is 0 Å². The fraction of sp³-hybridized carbons (Fsp3) is 0.643. The zero-order valence-electron chi connectivity index (χ0n) is 12.3. The predicted octanol–water partition coefficient (Wildman–Crippen LogP) is 1.24. The number of carboxylic acid groups (broad SMARTS) is 1. The molecule has 7 heteroatoms. The Hall–Kier alpha value is -1.63. The van der Waals surface area contributed by atoms with Crippen LogP contribution in [0.1, 0.15) is 29.8 Å². The molecule has 1 aromatic rings. The Balaban J connectivity index is 1.95. The number of carboxylic acids is 1. The first-order valence-corrected chi connectivity index (χ1v) is 7.89. The van der Waals surface area contributed by atoms with E-state index >= 15 is 0 Å². The molecule has 2 rings (SSSR count). The van der Waals surface area contributed by atoms with Crippen molar-refractivity contribution in [3.05, 3.63) is 20.2 Å². The number of aryl methyl sites for hydroxylation is 1. The van der Waals surface area contributed by atoms with Crippen LogP contribution in [0, 0.1) is 19.8 Å². The quantitative estimate of drug-likeness (QED) is 0.907. The number of amides is 1. The molecule has 1 atom stereocenters. The smallest absolute Gasteiger partial charge is 0.308 e. The summed E-state index contributed by atoms with van der Waals surface area (Å²) in [6.45, 7) is 5.02. The maximum Gasteiger partial charge on any atom is 0.308 e. The van der Waals surface area contributed by atoms with Crippen LogP contribution in [0.5, 0.6) is 0 Å². The number of carbonyl (C=O) groups excluding carboxylic acids is 1. The van der Waals surface area contributed by atoms with Crippen LogP contribution in [0.25, 0.3) is 0 Å². The van der Waals surface area contributed by atoms with Crippen molar-refractivity contribution in [2.45, 2.75) is 39.7 Å². The van der Waals surface area contributed by atoms with E-state index in [1.165, 1.54) is 11.3 Å². The normalized spacial score (nSPS) is 18.8. The highest BCUT2D eigenvalue weighted by Gasteiger charge is 2.27. The fourth-order valence-corrected chi connectivity index (χ4v) is 3.47. The van der Waals surface area contributed by atoms with Crippen LogP contribution in [-0.4, -0.2) is 39.5 Å². The van der Waals surface area contributed by atoms with Crippen LogP contribution < -0.4 is 4.87 Å². The zero-order chi connectivity index (χ0) is 15.6. The van der Waals surface area contributed by atoms with Gasteiger partial charge >= 0.3 is 10.8 Å². The third-order valence-electron chi connectivity index (χ3n) is 4.05. The first-order valence-electron chi connectivity index (χ1n) is 7.07. The van der Waals surface area contributed by atoms with Crippen LogP contribution in [0.4, 0.5) is 0 Å². The van der Waals surface area contributed by atoms with Gasteiger partial charge in [-0.3, -0.25) is 14.4 Å². The van der Waals surface area contributed by atoms with Gasteiger partial charge in [0.2, 0.25) is 5.91 Å². The number of piperidine rings is 1. The largest absolute Gasteiger partial charge is 0.481 e. The van der Waals surface area contributed by atoms with Gasteiger partial charge in [-0.1, -0.05) is 11.3 Å². The molecule has 1 aliphatic heterocycles. The molecule has 0 bridgehead atoms. The highest BCUT2D eigenvalue weighted by molar-refractivity contribution is 7.09. The van der Waals surface area contributed by atoms with Crippen molar-refractivity contribution < 1.29 is 14.7 Å². The van der Waals surface area contributed by atoms with E-state index in [1.54, 1.807) is 9.47 Å². The summed E-state index contributed by atoms with van der Waals surface area (Å²) in [6.07, 6.45) is 1.59. The molecule has 116 valence electrons. The van der Waals surface area contributed by atoms with Crippen LogP contribution in [0.2, 0.25) is 0 Å². The minimum Gasteiger partial charge on any atom is -0.481 e. The summed E-state index contributed by atoms with van der Waals surface area (Å²) in [6, 6.07) is 0. The van der Waals surface area contributed by atoms with E-state index in [2.05, 4.69) is 0 Å². The summed E-state index contributed by atoms with van der Waals surface area (Å²) >= 11 is 1.19. The number of likely N-dealkylation sites (tertiary alicyclic amines) is 1. The molecule has 1 N–H and O–H groups in total. The number of nitrogens with zero attached hydrogens (tertiary/aromatic N) is 2. The molecule has 6 nitrogen and oxygen atoms in total. The maximum atomic E-state index is 12.2. The van der Waals surface area contributed by atoms with E-state index in [0.717, 1.165) is 17.0 Å². The number of aliphatic carboxylic acids is 1. The summed E-state index contributed by atoms with van der Waals surface area (Å²) in [5, 5.41) is 9.04. The van der Waals surface area contributed by atoms with Gasteiger partial charge in [-0.05, 0) is 26.7 Å². The van der Waals surface area contributed by atoms with Crippen LogP contribution in [0.15, 0.2) is 4.79 Å². The Morgan fingerprint density at radius 3 is 2.67 bits per heavy atom. The van der Waals surface area contributed by atoms with Gasteiger partial charge in [0.15, 0.2) is 0 Å². The molecule has 0 spiro atoms. The van der Waals surface area contributed by atoms with Crippen molar-refractivity contribution in [2.24, 2.45) is 5.92 Å². The Morgan fingerprint density at radius 1 is 1.38 bits per heavy atom. The van der Waals surface area contributed by atoms with Crippen molar-refractivity contribution in [3.8, 4) is 0 Å². The monoisotopic (exact) mass is 312 g/mol. The third kappa shape index (κ3) is 3.53. The molecule has 0 saturated carbocycles. The summed E-state index contributed by atoms with van der Waals surface area (Å²) in [7, 11) is 0. The SMILES string of the molecule is Cc1sc(=O)n(CCC(=O)N2CCCC(C(=O)O)C2)c1C. The maximum absolute atomic E-state index is 12.2. The molecule has 0 aromatic carbocycles. The van der Waals surface area contributed by atoms with Crippen molar-refractivity contribution in [1.82, 2.24) is 9.47 Å². The van der Waals surface area contributed by atoms with Gasteiger partial charge < -0.3 is 14.6 Å². The Kier molecular flexibility index (Phi) is 4.82. The topological polar surface area (TPSA) is 79.6 Å². The predicted molar refractivity (Wildman–Crippen MR) is 79.6 cm³/mol. The zero-order valence-corrected chi connectivity index (χ0v) is 13.1. The second-order valence-corrected chi connectivity index (χ2v) is 6.59. The number of thiazole rings is 1. The van der Waals surface area contributed by atoms with E-state index in [4.69, 9.17) is 5.11 Å². The number of hydrogen-bond acceptors (Lipinski definition) is 4. The molecule has 1 fully saturated rings. The van der Waals surface area contributed by atoms with Gasteiger partial charge in [0.05, 0.1) is 5.92 Å². The molecule has 21 heavy (non-hydrogen) atoms.